The van der Waals surface area contributed by atoms with Gasteiger partial charge in [0.2, 0.25) is 11.7 Å². The molecule has 0 bridgehead atoms. The van der Waals surface area contributed by atoms with E-state index in [-0.39, 0.29) is 31.3 Å². The second-order valence-corrected chi connectivity index (χ2v) is 14.1. The van der Waals surface area contributed by atoms with Crippen molar-refractivity contribution in [1.82, 2.24) is 4.90 Å². The van der Waals surface area contributed by atoms with E-state index < -0.39 is 41.4 Å². The highest BCUT2D eigenvalue weighted by atomic mass is 16.6. The summed E-state index contributed by atoms with van der Waals surface area (Å²) < 4.78 is 23.7. The maximum absolute atomic E-state index is 14.4. The third-order valence-electron chi connectivity index (χ3n) is 9.21. The smallest absolute Gasteiger partial charge is 0.417 e. The van der Waals surface area contributed by atoms with Crippen molar-refractivity contribution in [3.05, 3.63) is 119 Å². The number of Topliss-reactive ketones (excluding diaryl/α,β-unsaturated/α-hetero) is 1. The van der Waals surface area contributed by atoms with Crippen molar-refractivity contribution in [2.45, 2.75) is 78.2 Å². The summed E-state index contributed by atoms with van der Waals surface area (Å²) >= 11 is 0. The molecule has 3 aromatic carbocycles. The summed E-state index contributed by atoms with van der Waals surface area (Å²) in [5.41, 5.74) is 3.58. The van der Waals surface area contributed by atoms with Crippen LogP contribution in [0.3, 0.4) is 0 Å². The molecule has 0 saturated carbocycles. The van der Waals surface area contributed by atoms with Crippen LogP contribution in [0.5, 0.6) is 0 Å². The zero-order valence-electron chi connectivity index (χ0n) is 30.2. The molecule has 51 heavy (non-hydrogen) atoms. The molecule has 2 amide bonds. The highest BCUT2D eigenvalue weighted by Gasteiger charge is 2.54. The summed E-state index contributed by atoms with van der Waals surface area (Å²) in [5, 5.41) is 9.80. The molecular formula is C42H49NO8. The van der Waals surface area contributed by atoms with Crippen LogP contribution in [-0.4, -0.2) is 65.4 Å². The van der Waals surface area contributed by atoms with Crippen LogP contribution >= 0.6 is 0 Å². The largest absolute Gasteiger partial charge is 0.457 e. The number of aliphatic hydroxyl groups excluding tert-OH is 1. The number of ketones is 1. The molecule has 0 aliphatic carbocycles. The van der Waals surface area contributed by atoms with Gasteiger partial charge in [0.05, 0.1) is 25.9 Å². The lowest BCUT2D eigenvalue weighted by Crippen LogP contribution is -2.51. The number of benzene rings is 3. The van der Waals surface area contributed by atoms with E-state index in [1.54, 1.807) is 19.9 Å². The Bertz CT molecular complexity index is 1760. The van der Waals surface area contributed by atoms with Gasteiger partial charge < -0.3 is 23.7 Å². The molecule has 2 heterocycles. The van der Waals surface area contributed by atoms with E-state index in [0.717, 1.165) is 32.7 Å². The van der Waals surface area contributed by atoms with Crippen LogP contribution in [0.2, 0.25) is 0 Å². The number of carbonyl (C=O) groups excluding carboxylic acids is 3. The number of nitrogens with zero attached hydrogens (tertiary/aromatic N) is 1. The molecular weight excluding hydrogens is 646 g/mol. The number of amides is 2. The molecule has 270 valence electrons. The van der Waals surface area contributed by atoms with Gasteiger partial charge in [-0.05, 0) is 62.3 Å². The summed E-state index contributed by atoms with van der Waals surface area (Å²) in [6.07, 6.45) is -0.0774. The van der Waals surface area contributed by atoms with Crippen LogP contribution in [0.1, 0.15) is 67.1 Å². The van der Waals surface area contributed by atoms with Crippen LogP contribution < -0.4 is 0 Å². The number of imide groups is 1. The number of hydrogen-bond acceptors (Lipinski definition) is 8. The van der Waals surface area contributed by atoms with Crippen LogP contribution in [0.25, 0.3) is 11.1 Å². The van der Waals surface area contributed by atoms with Crippen LogP contribution in [0.4, 0.5) is 4.79 Å². The van der Waals surface area contributed by atoms with E-state index in [1.807, 2.05) is 106 Å². The third kappa shape index (κ3) is 9.41. The molecule has 0 radical (unpaired) electrons. The Kier molecular flexibility index (Phi) is 12.6. The van der Waals surface area contributed by atoms with Gasteiger partial charge in [-0.15, -0.1) is 0 Å². The minimum absolute atomic E-state index is 0.0549. The summed E-state index contributed by atoms with van der Waals surface area (Å²) in [4.78, 5) is 43.1. The second-order valence-electron chi connectivity index (χ2n) is 14.1. The highest BCUT2D eigenvalue weighted by molar-refractivity contribution is 6.12. The molecule has 1 aliphatic heterocycles. The lowest BCUT2D eigenvalue weighted by molar-refractivity contribution is -0.133. The van der Waals surface area contributed by atoms with Crippen molar-refractivity contribution >= 4 is 17.8 Å². The van der Waals surface area contributed by atoms with E-state index in [1.165, 1.54) is 0 Å². The van der Waals surface area contributed by atoms with Crippen molar-refractivity contribution < 1.29 is 38.1 Å². The Hall–Kier alpha value is -4.57. The molecule has 4 aromatic rings. The molecule has 9 nitrogen and oxygen atoms in total. The lowest BCUT2D eigenvalue weighted by atomic mass is 9.86. The number of aryl methyl sites for hydroxylation is 2. The summed E-state index contributed by atoms with van der Waals surface area (Å²) in [5.74, 6) is -1.76. The summed E-state index contributed by atoms with van der Waals surface area (Å²) in [6, 6.07) is 28.1. The van der Waals surface area contributed by atoms with Crippen LogP contribution in [0.15, 0.2) is 95.4 Å². The number of aliphatic hydroxyl groups is 1. The lowest BCUT2D eigenvalue weighted by Gasteiger charge is -2.32. The van der Waals surface area contributed by atoms with Gasteiger partial charge in [-0.25, -0.2) is 9.69 Å². The first-order valence-corrected chi connectivity index (χ1v) is 17.7. The fourth-order valence-electron chi connectivity index (χ4n) is 6.85. The first-order chi connectivity index (χ1) is 24.5. The fraction of sp³-hybridized carbons (Fsp3) is 0.405. The number of rotatable bonds is 17. The monoisotopic (exact) mass is 695 g/mol. The van der Waals surface area contributed by atoms with Gasteiger partial charge in [0, 0.05) is 18.6 Å². The van der Waals surface area contributed by atoms with Gasteiger partial charge >= 0.3 is 6.09 Å². The van der Waals surface area contributed by atoms with Crippen LogP contribution in [-0.2, 0) is 38.5 Å². The average molecular weight is 696 g/mol. The van der Waals surface area contributed by atoms with Crippen molar-refractivity contribution in [2.75, 3.05) is 19.8 Å². The first-order valence-electron chi connectivity index (χ1n) is 17.7. The number of hydrogen-bond donors (Lipinski definition) is 1. The van der Waals surface area contributed by atoms with Crippen molar-refractivity contribution in [2.24, 2.45) is 11.8 Å². The molecule has 1 aromatic heterocycles. The minimum Gasteiger partial charge on any atom is -0.457 e. The molecule has 1 fully saturated rings. The van der Waals surface area contributed by atoms with E-state index >= 15 is 0 Å². The Morgan fingerprint density at radius 1 is 0.941 bits per heavy atom. The predicted octanol–water partition coefficient (Wildman–Crippen LogP) is 7.61. The van der Waals surface area contributed by atoms with E-state index in [0.29, 0.717) is 31.8 Å². The van der Waals surface area contributed by atoms with Gasteiger partial charge in [-0.2, -0.15) is 0 Å². The normalized spacial score (nSPS) is 16.6. The van der Waals surface area contributed by atoms with Crippen molar-refractivity contribution in [1.29, 1.82) is 0 Å². The Morgan fingerprint density at radius 2 is 1.63 bits per heavy atom. The Labute approximate surface area is 300 Å². The highest BCUT2D eigenvalue weighted by Crippen LogP contribution is 2.37. The van der Waals surface area contributed by atoms with E-state index in [9.17, 15) is 19.5 Å². The zero-order valence-corrected chi connectivity index (χ0v) is 30.2. The minimum atomic E-state index is -1.21. The van der Waals surface area contributed by atoms with Gasteiger partial charge in [0.1, 0.15) is 23.4 Å². The molecule has 1 N–H and O–H groups in total. The summed E-state index contributed by atoms with van der Waals surface area (Å²) in [6.45, 7) is 10.2. The Balaban J connectivity index is 1.36. The van der Waals surface area contributed by atoms with Crippen molar-refractivity contribution in [3.8, 4) is 11.1 Å². The topological polar surface area (TPSA) is 116 Å². The SMILES string of the molecule is Cc1cccc(-c2cc(C(=O)C(Cc3ccccc3)C(=O)N3C(=O)OC(C)(C)C3C(C)C)oc2CCCOCC(CO)OCc2ccccc2)c1. The molecule has 3 atom stereocenters. The summed E-state index contributed by atoms with van der Waals surface area (Å²) in [7, 11) is 0. The predicted molar refractivity (Wildman–Crippen MR) is 194 cm³/mol. The van der Waals surface area contributed by atoms with E-state index in [2.05, 4.69) is 0 Å². The quantitative estimate of drug-likeness (QED) is 0.0682. The maximum atomic E-state index is 14.4. The molecule has 9 heteroatoms. The number of cyclic esters (lactones) is 1. The third-order valence-corrected chi connectivity index (χ3v) is 9.21. The average Bonchev–Trinajstić information content (AvgIpc) is 3.65. The molecule has 1 aliphatic rings. The second kappa shape index (κ2) is 17.1. The fourth-order valence-corrected chi connectivity index (χ4v) is 6.85. The molecule has 1 saturated heterocycles. The van der Waals surface area contributed by atoms with Gasteiger partial charge in [-0.1, -0.05) is 104 Å². The Morgan fingerprint density at radius 3 is 2.27 bits per heavy atom. The number of carbonyl (C=O) groups is 3. The molecule has 0 spiro atoms. The van der Waals surface area contributed by atoms with Gasteiger partial charge in [0.25, 0.3) is 0 Å². The number of furan rings is 1. The van der Waals surface area contributed by atoms with Crippen molar-refractivity contribution in [3.63, 3.8) is 0 Å². The maximum Gasteiger partial charge on any atom is 0.417 e. The van der Waals surface area contributed by atoms with E-state index in [4.69, 9.17) is 18.6 Å². The van der Waals surface area contributed by atoms with Crippen LogP contribution in [0, 0.1) is 18.8 Å². The standard InChI is InChI=1S/C42H49NO8/c1-28(2)39-42(4,5)51-41(47)43(39)40(46)35(23-30-15-8-6-9-16-30)38(45)37-24-34(32-19-12-14-29(3)22-32)36(50-37)20-13-21-48-27-33(25-44)49-26-31-17-10-7-11-18-31/h6-12,14-19,22,24,28,33,35,39,44H,13,20-21,23,25-27H2,1-5H3. The van der Waals surface area contributed by atoms with Gasteiger partial charge in [-0.3, -0.25) is 9.59 Å². The first kappa shape index (κ1) is 37.7. The molecule has 5 rings (SSSR count). The molecule has 3 unspecified atom stereocenters. The zero-order chi connectivity index (χ0) is 36.5. The number of ether oxygens (including phenoxy) is 3. The van der Waals surface area contributed by atoms with Gasteiger partial charge in [0.15, 0.2) is 5.76 Å².